The number of aliphatic carboxylic acids is 1. The maximum absolute atomic E-state index is 11.0. The Morgan fingerprint density at radius 1 is 1.10 bits per heavy atom. The summed E-state index contributed by atoms with van der Waals surface area (Å²) in [6.45, 7) is 2.55. The van der Waals surface area contributed by atoms with Gasteiger partial charge in [0.05, 0.1) is 6.42 Å². The fourth-order valence-corrected chi connectivity index (χ4v) is 2.25. The van der Waals surface area contributed by atoms with E-state index in [2.05, 4.69) is 6.92 Å². The fraction of sp³-hybridized carbons (Fsp3) is 0.278. The van der Waals surface area contributed by atoms with Gasteiger partial charge in [-0.3, -0.25) is 4.79 Å². The number of ether oxygens (including phenoxy) is 1. The first-order chi connectivity index (χ1) is 10.2. The van der Waals surface area contributed by atoms with Crippen molar-refractivity contribution in [2.45, 2.75) is 32.8 Å². The van der Waals surface area contributed by atoms with Crippen molar-refractivity contribution in [1.29, 1.82) is 0 Å². The minimum absolute atomic E-state index is 0.0122. The molecule has 3 heteroatoms. The van der Waals surface area contributed by atoms with E-state index < -0.39 is 5.97 Å². The van der Waals surface area contributed by atoms with Gasteiger partial charge in [0, 0.05) is 5.56 Å². The third kappa shape index (κ3) is 4.63. The summed E-state index contributed by atoms with van der Waals surface area (Å²) in [5.74, 6) is -0.186. The van der Waals surface area contributed by atoms with Gasteiger partial charge in [0.15, 0.2) is 0 Å². The van der Waals surface area contributed by atoms with E-state index in [4.69, 9.17) is 9.84 Å². The van der Waals surface area contributed by atoms with Gasteiger partial charge in [0.25, 0.3) is 0 Å². The van der Waals surface area contributed by atoms with E-state index in [1.54, 1.807) is 0 Å². The zero-order valence-corrected chi connectivity index (χ0v) is 12.2. The van der Waals surface area contributed by atoms with E-state index in [1.165, 1.54) is 0 Å². The predicted molar refractivity (Wildman–Crippen MR) is 82.6 cm³/mol. The van der Waals surface area contributed by atoms with E-state index in [9.17, 15) is 4.79 Å². The molecule has 0 aliphatic carbocycles. The monoisotopic (exact) mass is 284 g/mol. The third-order valence-electron chi connectivity index (χ3n) is 3.24. The lowest BCUT2D eigenvalue weighted by molar-refractivity contribution is -0.136. The van der Waals surface area contributed by atoms with Crippen LogP contribution in [-0.2, 0) is 24.2 Å². The van der Waals surface area contributed by atoms with Crippen LogP contribution in [0.25, 0.3) is 0 Å². The molecule has 0 radical (unpaired) electrons. The molecule has 0 aliphatic rings. The van der Waals surface area contributed by atoms with Crippen molar-refractivity contribution in [3.05, 3.63) is 65.2 Å². The molecule has 0 amide bonds. The van der Waals surface area contributed by atoms with Gasteiger partial charge in [-0.25, -0.2) is 0 Å². The zero-order valence-electron chi connectivity index (χ0n) is 12.2. The van der Waals surface area contributed by atoms with Crippen LogP contribution in [0.15, 0.2) is 48.5 Å². The predicted octanol–water partition coefficient (Wildman–Crippen LogP) is 3.85. The minimum atomic E-state index is -0.840. The lowest BCUT2D eigenvalue weighted by Crippen LogP contribution is -2.05. The molecule has 0 atom stereocenters. The molecule has 0 bridgehead atoms. The van der Waals surface area contributed by atoms with Gasteiger partial charge in [0.2, 0.25) is 0 Å². The lowest BCUT2D eigenvalue weighted by atomic mass is 10.0. The highest BCUT2D eigenvalue weighted by Crippen LogP contribution is 2.23. The Labute approximate surface area is 125 Å². The van der Waals surface area contributed by atoms with Crippen LogP contribution in [0.1, 0.15) is 30.0 Å². The molecule has 0 fully saturated rings. The van der Waals surface area contributed by atoms with E-state index in [0.29, 0.717) is 12.4 Å². The molecule has 110 valence electrons. The first-order valence-electron chi connectivity index (χ1n) is 7.19. The molecule has 0 saturated heterocycles. The SMILES string of the molecule is CCCc1ccc(OCc2ccccc2)c(CC(=O)O)c1. The van der Waals surface area contributed by atoms with Crippen molar-refractivity contribution < 1.29 is 14.6 Å². The van der Waals surface area contributed by atoms with Crippen LogP contribution in [-0.4, -0.2) is 11.1 Å². The van der Waals surface area contributed by atoms with Gasteiger partial charge in [-0.2, -0.15) is 0 Å². The summed E-state index contributed by atoms with van der Waals surface area (Å²) < 4.78 is 5.79. The largest absolute Gasteiger partial charge is 0.489 e. The minimum Gasteiger partial charge on any atom is -0.489 e. The van der Waals surface area contributed by atoms with Crippen LogP contribution in [0.3, 0.4) is 0 Å². The maximum Gasteiger partial charge on any atom is 0.307 e. The van der Waals surface area contributed by atoms with Gasteiger partial charge >= 0.3 is 5.97 Å². The average molecular weight is 284 g/mol. The van der Waals surface area contributed by atoms with Crippen molar-refractivity contribution >= 4 is 5.97 Å². The number of benzene rings is 2. The average Bonchev–Trinajstić information content (AvgIpc) is 2.47. The Kier molecular flexibility index (Phi) is 5.38. The van der Waals surface area contributed by atoms with Crippen molar-refractivity contribution in [3.8, 4) is 5.75 Å². The Morgan fingerprint density at radius 2 is 1.86 bits per heavy atom. The molecule has 0 aliphatic heterocycles. The van der Waals surface area contributed by atoms with Gasteiger partial charge in [-0.15, -0.1) is 0 Å². The molecule has 1 N–H and O–H groups in total. The molecule has 0 aromatic heterocycles. The highest BCUT2D eigenvalue weighted by molar-refractivity contribution is 5.71. The molecule has 2 aromatic carbocycles. The number of rotatable bonds is 7. The molecular weight excluding hydrogens is 264 g/mol. The second-order valence-corrected chi connectivity index (χ2v) is 5.04. The first-order valence-corrected chi connectivity index (χ1v) is 7.19. The highest BCUT2D eigenvalue weighted by Gasteiger charge is 2.09. The van der Waals surface area contributed by atoms with Gasteiger partial charge in [0.1, 0.15) is 12.4 Å². The standard InChI is InChI=1S/C18H20O3/c1-2-6-14-9-10-17(16(11-14)12-18(19)20)21-13-15-7-4-3-5-8-15/h3-5,7-11H,2,6,12-13H2,1H3,(H,19,20). The highest BCUT2D eigenvalue weighted by atomic mass is 16.5. The molecule has 21 heavy (non-hydrogen) atoms. The molecule has 0 spiro atoms. The molecule has 2 rings (SSSR count). The third-order valence-corrected chi connectivity index (χ3v) is 3.24. The van der Waals surface area contributed by atoms with Crippen molar-refractivity contribution in [1.82, 2.24) is 0 Å². The Balaban J connectivity index is 2.14. The molecular formula is C18H20O3. The molecule has 3 nitrogen and oxygen atoms in total. The first kappa shape index (κ1) is 15.1. The van der Waals surface area contributed by atoms with E-state index in [0.717, 1.165) is 29.5 Å². The summed E-state index contributed by atoms with van der Waals surface area (Å²) in [6, 6.07) is 15.7. The van der Waals surface area contributed by atoms with Crippen molar-refractivity contribution in [3.63, 3.8) is 0 Å². The summed E-state index contributed by atoms with van der Waals surface area (Å²) in [5.41, 5.74) is 2.96. The molecule has 0 heterocycles. The summed E-state index contributed by atoms with van der Waals surface area (Å²) in [4.78, 5) is 11.0. The van der Waals surface area contributed by atoms with Crippen LogP contribution >= 0.6 is 0 Å². The Bertz CT molecular complexity index is 591. The smallest absolute Gasteiger partial charge is 0.307 e. The van der Waals surface area contributed by atoms with Crippen LogP contribution in [0.4, 0.5) is 0 Å². The normalized spacial score (nSPS) is 10.3. The molecule has 0 unspecified atom stereocenters. The number of hydrogen-bond acceptors (Lipinski definition) is 2. The van der Waals surface area contributed by atoms with Gasteiger partial charge < -0.3 is 9.84 Å². The fourth-order valence-electron chi connectivity index (χ4n) is 2.25. The number of carbonyl (C=O) groups is 1. The Hall–Kier alpha value is -2.29. The summed E-state index contributed by atoms with van der Waals surface area (Å²) in [5, 5.41) is 9.04. The lowest BCUT2D eigenvalue weighted by Gasteiger charge is -2.12. The molecule has 2 aromatic rings. The topological polar surface area (TPSA) is 46.5 Å². The number of aryl methyl sites for hydroxylation is 1. The number of hydrogen-bond donors (Lipinski definition) is 1. The van der Waals surface area contributed by atoms with Gasteiger partial charge in [-0.05, 0) is 23.6 Å². The van der Waals surface area contributed by atoms with Crippen LogP contribution in [0.2, 0.25) is 0 Å². The van der Waals surface area contributed by atoms with E-state index in [1.807, 2.05) is 48.5 Å². The summed E-state index contributed by atoms with van der Waals surface area (Å²) in [6.07, 6.45) is 1.98. The van der Waals surface area contributed by atoms with Crippen LogP contribution in [0.5, 0.6) is 5.75 Å². The van der Waals surface area contributed by atoms with Crippen molar-refractivity contribution in [2.75, 3.05) is 0 Å². The van der Waals surface area contributed by atoms with E-state index in [-0.39, 0.29) is 6.42 Å². The second kappa shape index (κ2) is 7.48. The van der Waals surface area contributed by atoms with Gasteiger partial charge in [-0.1, -0.05) is 55.8 Å². The number of carboxylic acids is 1. The zero-order chi connectivity index (χ0) is 15.1. The van der Waals surface area contributed by atoms with E-state index >= 15 is 0 Å². The second-order valence-electron chi connectivity index (χ2n) is 5.04. The quantitative estimate of drug-likeness (QED) is 0.840. The maximum atomic E-state index is 11.0. The Morgan fingerprint density at radius 3 is 2.52 bits per heavy atom. The summed E-state index contributed by atoms with van der Waals surface area (Å²) in [7, 11) is 0. The van der Waals surface area contributed by atoms with Crippen LogP contribution in [0, 0.1) is 0 Å². The van der Waals surface area contributed by atoms with Crippen molar-refractivity contribution in [2.24, 2.45) is 0 Å². The summed E-state index contributed by atoms with van der Waals surface area (Å²) >= 11 is 0. The van der Waals surface area contributed by atoms with Crippen LogP contribution < -0.4 is 4.74 Å². The molecule has 0 saturated carbocycles. The number of carboxylic acid groups (broad SMARTS) is 1.